The summed E-state index contributed by atoms with van der Waals surface area (Å²) in [6.07, 6.45) is 0. The van der Waals surface area contributed by atoms with Gasteiger partial charge in [-0.15, -0.1) is 0 Å². The first-order valence-corrected chi connectivity index (χ1v) is 10.8. The van der Waals surface area contributed by atoms with Gasteiger partial charge in [-0.05, 0) is 36.4 Å². The van der Waals surface area contributed by atoms with Crippen molar-refractivity contribution in [2.45, 2.75) is 4.90 Å². The SMILES string of the molecule is COc1ccc(S(=O)(=O)N2CCN(C(=O)CNC(=O)c3ccc(F)cc3F)CC2)cc1. The van der Waals surface area contributed by atoms with E-state index >= 15 is 0 Å². The molecule has 11 heteroatoms. The molecule has 0 spiro atoms. The summed E-state index contributed by atoms with van der Waals surface area (Å²) in [6, 6.07) is 8.54. The second kappa shape index (κ2) is 9.40. The minimum Gasteiger partial charge on any atom is -0.497 e. The highest BCUT2D eigenvalue weighted by atomic mass is 32.2. The minimum absolute atomic E-state index is 0.0979. The summed E-state index contributed by atoms with van der Waals surface area (Å²) in [5.41, 5.74) is -0.371. The number of carbonyl (C=O) groups is 2. The third-order valence-corrected chi connectivity index (χ3v) is 6.78. The molecule has 3 rings (SSSR count). The quantitative estimate of drug-likeness (QED) is 0.710. The molecule has 0 saturated carbocycles. The Morgan fingerprint density at radius 1 is 1.03 bits per heavy atom. The molecule has 0 aliphatic carbocycles. The zero-order valence-corrected chi connectivity index (χ0v) is 17.5. The van der Waals surface area contributed by atoms with Crippen LogP contribution in [0.25, 0.3) is 0 Å². The number of halogens is 2. The van der Waals surface area contributed by atoms with E-state index in [9.17, 15) is 26.8 Å². The molecule has 1 aliphatic rings. The van der Waals surface area contributed by atoms with Gasteiger partial charge in [0.15, 0.2) is 0 Å². The lowest BCUT2D eigenvalue weighted by molar-refractivity contribution is -0.131. The maximum Gasteiger partial charge on any atom is 0.254 e. The summed E-state index contributed by atoms with van der Waals surface area (Å²) in [5.74, 6) is -2.57. The van der Waals surface area contributed by atoms with Crippen molar-refractivity contribution in [3.63, 3.8) is 0 Å². The molecule has 0 bridgehead atoms. The highest BCUT2D eigenvalue weighted by molar-refractivity contribution is 7.89. The molecule has 8 nitrogen and oxygen atoms in total. The van der Waals surface area contributed by atoms with Gasteiger partial charge in [0.1, 0.15) is 17.4 Å². The molecule has 1 heterocycles. The van der Waals surface area contributed by atoms with Gasteiger partial charge >= 0.3 is 0 Å². The molecule has 2 aromatic carbocycles. The van der Waals surface area contributed by atoms with Crippen molar-refractivity contribution >= 4 is 21.8 Å². The molecule has 2 aromatic rings. The van der Waals surface area contributed by atoms with Crippen LogP contribution in [0, 0.1) is 11.6 Å². The summed E-state index contributed by atoms with van der Waals surface area (Å²) in [7, 11) is -2.22. The number of ether oxygens (including phenoxy) is 1. The van der Waals surface area contributed by atoms with E-state index in [2.05, 4.69) is 5.32 Å². The fourth-order valence-electron chi connectivity index (χ4n) is 3.11. The Morgan fingerprint density at radius 3 is 2.26 bits per heavy atom. The Morgan fingerprint density at radius 2 is 1.68 bits per heavy atom. The zero-order valence-electron chi connectivity index (χ0n) is 16.7. The topological polar surface area (TPSA) is 96.0 Å². The van der Waals surface area contributed by atoms with E-state index in [1.807, 2.05) is 0 Å². The van der Waals surface area contributed by atoms with Crippen LogP contribution in [-0.2, 0) is 14.8 Å². The number of rotatable bonds is 6. The summed E-state index contributed by atoms with van der Waals surface area (Å²) in [4.78, 5) is 25.9. The molecular weight excluding hydrogens is 432 g/mol. The van der Waals surface area contributed by atoms with Gasteiger partial charge in [0, 0.05) is 32.2 Å². The summed E-state index contributed by atoms with van der Waals surface area (Å²) in [6.45, 7) is 0.103. The number of nitrogens with one attached hydrogen (secondary N) is 1. The molecule has 1 N–H and O–H groups in total. The Labute approximate surface area is 178 Å². The fourth-order valence-corrected chi connectivity index (χ4v) is 4.53. The van der Waals surface area contributed by atoms with Crippen LogP contribution in [-0.4, -0.2) is 69.3 Å². The third-order valence-electron chi connectivity index (χ3n) is 4.86. The standard InChI is InChI=1S/C20H21F2N3O5S/c1-30-15-3-5-16(6-4-15)31(28,29)25-10-8-24(9-11-25)19(26)13-23-20(27)17-7-2-14(21)12-18(17)22/h2-7,12H,8-11,13H2,1H3,(H,23,27). The molecule has 0 atom stereocenters. The van der Waals surface area contributed by atoms with Gasteiger partial charge in [0.05, 0.1) is 24.1 Å². The molecule has 0 unspecified atom stereocenters. The van der Waals surface area contributed by atoms with Crippen LogP contribution in [0.4, 0.5) is 8.78 Å². The summed E-state index contributed by atoms with van der Waals surface area (Å²) in [5, 5.41) is 2.30. The Kier molecular flexibility index (Phi) is 6.86. The Bertz CT molecular complexity index is 1070. The average molecular weight is 453 g/mol. The molecule has 1 aliphatic heterocycles. The van der Waals surface area contributed by atoms with Crippen molar-refractivity contribution in [2.75, 3.05) is 39.8 Å². The number of amides is 2. The van der Waals surface area contributed by atoms with Crippen molar-refractivity contribution in [2.24, 2.45) is 0 Å². The molecule has 31 heavy (non-hydrogen) atoms. The first-order chi connectivity index (χ1) is 14.7. The predicted molar refractivity (Wildman–Crippen MR) is 107 cm³/mol. The van der Waals surface area contributed by atoms with Crippen molar-refractivity contribution in [1.29, 1.82) is 0 Å². The number of hydrogen-bond donors (Lipinski definition) is 1. The van der Waals surface area contributed by atoms with Crippen LogP contribution in [0.2, 0.25) is 0 Å². The van der Waals surface area contributed by atoms with Crippen molar-refractivity contribution in [1.82, 2.24) is 14.5 Å². The molecule has 1 fully saturated rings. The lowest BCUT2D eigenvalue weighted by atomic mass is 10.2. The first kappa shape index (κ1) is 22.6. The maximum atomic E-state index is 13.7. The normalized spacial score (nSPS) is 14.9. The van der Waals surface area contributed by atoms with Crippen LogP contribution < -0.4 is 10.1 Å². The van der Waals surface area contributed by atoms with Crippen LogP contribution in [0.5, 0.6) is 5.75 Å². The number of piperazine rings is 1. The summed E-state index contributed by atoms with van der Waals surface area (Å²) >= 11 is 0. The molecule has 1 saturated heterocycles. The smallest absolute Gasteiger partial charge is 0.254 e. The van der Waals surface area contributed by atoms with E-state index in [1.54, 1.807) is 12.1 Å². The van der Waals surface area contributed by atoms with Gasteiger partial charge < -0.3 is 15.0 Å². The average Bonchev–Trinajstić information content (AvgIpc) is 2.77. The monoisotopic (exact) mass is 453 g/mol. The van der Waals surface area contributed by atoms with Crippen LogP contribution in [0.1, 0.15) is 10.4 Å². The van der Waals surface area contributed by atoms with Gasteiger partial charge in [-0.1, -0.05) is 0 Å². The van der Waals surface area contributed by atoms with Crippen LogP contribution in [0.15, 0.2) is 47.4 Å². The number of benzene rings is 2. The first-order valence-electron chi connectivity index (χ1n) is 9.37. The fraction of sp³-hybridized carbons (Fsp3) is 0.300. The van der Waals surface area contributed by atoms with E-state index < -0.39 is 33.5 Å². The van der Waals surface area contributed by atoms with E-state index in [1.165, 1.54) is 28.4 Å². The van der Waals surface area contributed by atoms with Gasteiger partial charge in [-0.3, -0.25) is 9.59 Å². The maximum absolute atomic E-state index is 13.7. The van der Waals surface area contributed by atoms with E-state index in [4.69, 9.17) is 4.74 Å². The lowest BCUT2D eigenvalue weighted by Gasteiger charge is -2.34. The molecule has 0 aromatic heterocycles. The Balaban J connectivity index is 1.53. The number of carbonyl (C=O) groups excluding carboxylic acids is 2. The molecule has 2 amide bonds. The summed E-state index contributed by atoms with van der Waals surface area (Å²) < 4.78 is 58.4. The number of hydrogen-bond acceptors (Lipinski definition) is 5. The number of methoxy groups -OCH3 is 1. The van der Waals surface area contributed by atoms with Crippen LogP contribution >= 0.6 is 0 Å². The van der Waals surface area contributed by atoms with Gasteiger partial charge in [0.25, 0.3) is 5.91 Å². The largest absolute Gasteiger partial charge is 0.497 e. The van der Waals surface area contributed by atoms with E-state index in [-0.39, 0.29) is 43.2 Å². The van der Waals surface area contributed by atoms with Crippen molar-refractivity contribution < 1.29 is 31.5 Å². The van der Waals surface area contributed by atoms with Gasteiger partial charge in [0.2, 0.25) is 15.9 Å². The Hall–Kier alpha value is -3.05. The van der Waals surface area contributed by atoms with Crippen molar-refractivity contribution in [3.05, 3.63) is 59.7 Å². The lowest BCUT2D eigenvalue weighted by Crippen LogP contribution is -2.52. The number of sulfonamides is 1. The zero-order chi connectivity index (χ0) is 22.6. The number of nitrogens with zero attached hydrogens (tertiary/aromatic N) is 2. The second-order valence-electron chi connectivity index (χ2n) is 6.77. The van der Waals surface area contributed by atoms with Gasteiger partial charge in [-0.25, -0.2) is 17.2 Å². The molecule has 0 radical (unpaired) electrons. The highest BCUT2D eigenvalue weighted by Gasteiger charge is 2.30. The van der Waals surface area contributed by atoms with Crippen molar-refractivity contribution in [3.8, 4) is 5.75 Å². The second-order valence-corrected chi connectivity index (χ2v) is 8.71. The molecule has 166 valence electrons. The van der Waals surface area contributed by atoms with E-state index in [0.29, 0.717) is 11.8 Å². The van der Waals surface area contributed by atoms with Crippen LogP contribution in [0.3, 0.4) is 0 Å². The molecular formula is C20H21F2N3O5S. The third kappa shape index (κ3) is 5.17. The minimum atomic E-state index is -3.71. The predicted octanol–water partition coefficient (Wildman–Crippen LogP) is 1.24. The van der Waals surface area contributed by atoms with Gasteiger partial charge in [-0.2, -0.15) is 4.31 Å². The van der Waals surface area contributed by atoms with E-state index in [0.717, 1.165) is 12.1 Å². The highest BCUT2D eigenvalue weighted by Crippen LogP contribution is 2.20.